The van der Waals surface area contributed by atoms with Crippen molar-refractivity contribution in [1.82, 2.24) is 4.90 Å². The normalized spacial score (nSPS) is 31.9. The molecule has 13 heavy (non-hydrogen) atoms. The SMILES string of the molecule is CCOC(=O)N1C2C[CH]CC1CC2. The second kappa shape index (κ2) is 3.56. The van der Waals surface area contributed by atoms with E-state index in [2.05, 4.69) is 6.42 Å². The molecule has 73 valence electrons. The minimum atomic E-state index is -0.108. The first-order chi connectivity index (χ1) is 6.33. The van der Waals surface area contributed by atoms with Crippen LogP contribution in [0.1, 0.15) is 32.6 Å². The zero-order valence-electron chi connectivity index (χ0n) is 8.03. The van der Waals surface area contributed by atoms with Crippen molar-refractivity contribution in [3.05, 3.63) is 6.42 Å². The molecule has 3 nitrogen and oxygen atoms in total. The quantitative estimate of drug-likeness (QED) is 0.620. The van der Waals surface area contributed by atoms with Crippen molar-refractivity contribution >= 4 is 6.09 Å². The van der Waals surface area contributed by atoms with Gasteiger partial charge in [0.05, 0.1) is 6.61 Å². The van der Waals surface area contributed by atoms with Crippen molar-refractivity contribution in [2.45, 2.75) is 44.7 Å². The van der Waals surface area contributed by atoms with Crippen LogP contribution in [0.5, 0.6) is 0 Å². The molecule has 2 fully saturated rings. The molecule has 0 aliphatic carbocycles. The molecule has 0 saturated carbocycles. The summed E-state index contributed by atoms with van der Waals surface area (Å²) in [6.07, 6.45) is 6.60. The van der Waals surface area contributed by atoms with Crippen LogP contribution in [0.2, 0.25) is 0 Å². The van der Waals surface area contributed by atoms with Crippen LogP contribution in [0, 0.1) is 6.42 Å². The van der Waals surface area contributed by atoms with E-state index in [1.165, 1.54) is 0 Å². The Morgan fingerprint density at radius 3 is 2.62 bits per heavy atom. The van der Waals surface area contributed by atoms with Crippen LogP contribution in [0.3, 0.4) is 0 Å². The van der Waals surface area contributed by atoms with Crippen LogP contribution >= 0.6 is 0 Å². The van der Waals surface area contributed by atoms with E-state index in [0.29, 0.717) is 18.7 Å². The molecule has 0 aromatic rings. The molecule has 0 spiro atoms. The van der Waals surface area contributed by atoms with Gasteiger partial charge in [0.1, 0.15) is 0 Å². The maximum absolute atomic E-state index is 11.5. The third-order valence-corrected chi connectivity index (χ3v) is 2.98. The van der Waals surface area contributed by atoms with Gasteiger partial charge in [-0.15, -0.1) is 0 Å². The van der Waals surface area contributed by atoms with E-state index in [-0.39, 0.29) is 6.09 Å². The fourth-order valence-electron chi connectivity index (χ4n) is 2.40. The highest BCUT2D eigenvalue weighted by atomic mass is 16.6. The fourth-order valence-corrected chi connectivity index (χ4v) is 2.40. The lowest BCUT2D eigenvalue weighted by Gasteiger charge is -2.33. The first-order valence-electron chi connectivity index (χ1n) is 5.09. The van der Waals surface area contributed by atoms with E-state index in [4.69, 9.17) is 4.74 Å². The maximum atomic E-state index is 11.5. The summed E-state index contributed by atoms with van der Waals surface area (Å²) in [6, 6.07) is 0.857. The van der Waals surface area contributed by atoms with Crippen LogP contribution in [-0.2, 0) is 4.74 Å². The molecule has 1 amide bonds. The van der Waals surface area contributed by atoms with Gasteiger partial charge in [0.2, 0.25) is 0 Å². The Morgan fingerprint density at radius 1 is 1.46 bits per heavy atom. The molecule has 0 aromatic heterocycles. The van der Waals surface area contributed by atoms with Gasteiger partial charge in [-0.2, -0.15) is 0 Å². The summed E-state index contributed by atoms with van der Waals surface area (Å²) in [6.45, 7) is 2.34. The van der Waals surface area contributed by atoms with E-state index >= 15 is 0 Å². The second-order valence-corrected chi connectivity index (χ2v) is 3.75. The Kier molecular flexibility index (Phi) is 2.42. The number of fused-ring (bicyclic) bond motifs is 2. The standard InChI is InChI=1S/C10H16NO2/c1-2-13-10(12)11-8-4-3-5-9(11)7-6-8/h3,8-9H,2,4-7H2,1H3. The lowest BCUT2D eigenvalue weighted by molar-refractivity contribution is 0.0806. The van der Waals surface area contributed by atoms with Gasteiger partial charge >= 0.3 is 6.09 Å². The Balaban J connectivity index is 2.02. The highest BCUT2D eigenvalue weighted by Gasteiger charge is 2.40. The van der Waals surface area contributed by atoms with Gasteiger partial charge in [0, 0.05) is 12.1 Å². The van der Waals surface area contributed by atoms with Gasteiger partial charge in [-0.25, -0.2) is 4.79 Å². The maximum Gasteiger partial charge on any atom is 0.410 e. The minimum absolute atomic E-state index is 0.108. The molecule has 2 bridgehead atoms. The number of carbonyl (C=O) groups excluding carboxylic acids is 1. The number of carbonyl (C=O) groups is 1. The Hall–Kier alpha value is -0.730. The molecular weight excluding hydrogens is 166 g/mol. The molecule has 0 aromatic carbocycles. The van der Waals surface area contributed by atoms with Gasteiger partial charge in [-0.05, 0) is 39.0 Å². The first-order valence-corrected chi connectivity index (χ1v) is 5.09. The largest absolute Gasteiger partial charge is 0.450 e. The van der Waals surface area contributed by atoms with E-state index in [9.17, 15) is 4.79 Å². The Labute approximate surface area is 79.0 Å². The molecule has 2 atom stereocenters. The summed E-state index contributed by atoms with van der Waals surface area (Å²) in [5.41, 5.74) is 0. The second-order valence-electron chi connectivity index (χ2n) is 3.75. The van der Waals surface area contributed by atoms with Crippen molar-refractivity contribution < 1.29 is 9.53 Å². The van der Waals surface area contributed by atoms with Crippen LogP contribution in [-0.4, -0.2) is 29.7 Å². The van der Waals surface area contributed by atoms with Crippen molar-refractivity contribution in [2.75, 3.05) is 6.61 Å². The first kappa shape index (κ1) is 8.85. The number of hydrogen-bond acceptors (Lipinski definition) is 2. The zero-order chi connectivity index (χ0) is 9.26. The molecule has 1 radical (unpaired) electrons. The van der Waals surface area contributed by atoms with Crippen molar-refractivity contribution in [2.24, 2.45) is 0 Å². The topological polar surface area (TPSA) is 29.5 Å². The zero-order valence-corrected chi connectivity index (χ0v) is 8.03. The van der Waals surface area contributed by atoms with E-state index in [1.54, 1.807) is 0 Å². The monoisotopic (exact) mass is 182 g/mol. The third-order valence-electron chi connectivity index (χ3n) is 2.98. The molecular formula is C10H16NO2. The summed E-state index contributed by atoms with van der Waals surface area (Å²) < 4.78 is 5.04. The van der Waals surface area contributed by atoms with Crippen LogP contribution < -0.4 is 0 Å². The minimum Gasteiger partial charge on any atom is -0.450 e. The summed E-state index contributed by atoms with van der Waals surface area (Å²) in [5, 5.41) is 0. The smallest absolute Gasteiger partial charge is 0.410 e. The number of rotatable bonds is 1. The molecule has 2 unspecified atom stereocenters. The van der Waals surface area contributed by atoms with Gasteiger partial charge in [0.15, 0.2) is 0 Å². The number of amides is 1. The fraction of sp³-hybridized carbons (Fsp3) is 0.800. The average molecular weight is 182 g/mol. The average Bonchev–Trinajstić information content (AvgIpc) is 2.37. The number of piperidine rings is 1. The number of hydrogen-bond donors (Lipinski definition) is 0. The highest BCUT2D eigenvalue weighted by molar-refractivity contribution is 5.69. The summed E-state index contributed by atoms with van der Waals surface area (Å²) >= 11 is 0. The Bertz CT molecular complexity index is 189. The highest BCUT2D eigenvalue weighted by Crippen LogP contribution is 2.35. The molecule has 2 rings (SSSR count). The van der Waals surface area contributed by atoms with Crippen molar-refractivity contribution in [1.29, 1.82) is 0 Å². The van der Waals surface area contributed by atoms with E-state index in [0.717, 1.165) is 25.7 Å². The molecule has 2 aliphatic heterocycles. The molecule has 2 heterocycles. The number of ether oxygens (including phenoxy) is 1. The Morgan fingerprint density at radius 2 is 2.08 bits per heavy atom. The summed E-state index contributed by atoms with van der Waals surface area (Å²) in [4.78, 5) is 13.5. The van der Waals surface area contributed by atoms with Gasteiger partial charge in [-0.1, -0.05) is 0 Å². The van der Waals surface area contributed by atoms with Crippen molar-refractivity contribution in [3.63, 3.8) is 0 Å². The number of nitrogens with zero attached hydrogens (tertiary/aromatic N) is 1. The molecule has 3 heteroatoms. The van der Waals surface area contributed by atoms with Crippen LogP contribution in [0.15, 0.2) is 0 Å². The van der Waals surface area contributed by atoms with Gasteiger partial charge in [-0.3, -0.25) is 0 Å². The predicted octanol–water partition coefficient (Wildman–Crippen LogP) is 1.97. The van der Waals surface area contributed by atoms with E-state index < -0.39 is 0 Å². The lowest BCUT2D eigenvalue weighted by Crippen LogP contribution is -2.44. The molecule has 2 saturated heterocycles. The third kappa shape index (κ3) is 1.52. The van der Waals surface area contributed by atoms with E-state index in [1.807, 2.05) is 11.8 Å². The lowest BCUT2D eigenvalue weighted by atomic mass is 10.0. The van der Waals surface area contributed by atoms with Crippen LogP contribution in [0.25, 0.3) is 0 Å². The molecule has 0 N–H and O–H groups in total. The van der Waals surface area contributed by atoms with Crippen LogP contribution in [0.4, 0.5) is 4.79 Å². The van der Waals surface area contributed by atoms with Crippen molar-refractivity contribution in [3.8, 4) is 0 Å². The van der Waals surface area contributed by atoms with Gasteiger partial charge in [0.25, 0.3) is 0 Å². The predicted molar refractivity (Wildman–Crippen MR) is 49.2 cm³/mol. The summed E-state index contributed by atoms with van der Waals surface area (Å²) in [7, 11) is 0. The molecule has 2 aliphatic rings. The summed E-state index contributed by atoms with van der Waals surface area (Å²) in [5.74, 6) is 0. The van der Waals surface area contributed by atoms with Gasteiger partial charge < -0.3 is 9.64 Å².